The van der Waals surface area contributed by atoms with Gasteiger partial charge in [-0.2, -0.15) is 0 Å². The molecule has 1 heterocycles. The zero-order chi connectivity index (χ0) is 13.7. The molecule has 0 bridgehead atoms. The molecule has 0 aromatic rings. The quantitative estimate of drug-likeness (QED) is 0.617. The smallest absolute Gasteiger partial charge is 0.0693 e. The monoisotopic (exact) mass is 392 g/mol. The Morgan fingerprint density at radius 1 is 0.474 bits per heavy atom. The average molecular weight is 395 g/mol. The third-order valence-corrected chi connectivity index (χ3v) is 6.81. The first-order valence-electron chi connectivity index (χ1n) is 5.72. The fourth-order valence-electron chi connectivity index (χ4n) is 1.66. The SMILES string of the molecule is C1CNCCN1.Cl[C@H]1[C@H](Cl)[C@@H](Cl)[C@@H](Cl)[C@H](Cl)[C@H]1Cl.O. The van der Waals surface area contributed by atoms with Crippen molar-refractivity contribution in [2.24, 2.45) is 0 Å². The van der Waals surface area contributed by atoms with E-state index in [-0.39, 0.29) is 5.48 Å². The Labute approximate surface area is 143 Å². The minimum Gasteiger partial charge on any atom is -0.412 e. The molecule has 2 aliphatic rings. The van der Waals surface area contributed by atoms with Gasteiger partial charge in [-0.15, -0.1) is 69.6 Å². The lowest BCUT2D eigenvalue weighted by Crippen LogP contribution is -2.52. The molecule has 2 rings (SSSR count). The number of piperazine rings is 1. The number of hydrogen-bond donors (Lipinski definition) is 2. The summed E-state index contributed by atoms with van der Waals surface area (Å²) in [4.78, 5) is 0. The van der Waals surface area contributed by atoms with Gasteiger partial charge in [0.15, 0.2) is 0 Å². The lowest BCUT2D eigenvalue weighted by Gasteiger charge is -2.37. The molecule has 1 aliphatic heterocycles. The first-order chi connectivity index (χ1) is 8.46. The lowest BCUT2D eigenvalue weighted by molar-refractivity contribution is 0.534. The third kappa shape index (κ3) is 6.09. The maximum atomic E-state index is 5.88. The second-order valence-electron chi connectivity index (χ2n) is 4.17. The molecule has 0 radical (unpaired) electrons. The van der Waals surface area contributed by atoms with Gasteiger partial charge < -0.3 is 16.1 Å². The van der Waals surface area contributed by atoms with Crippen LogP contribution < -0.4 is 10.6 Å². The summed E-state index contributed by atoms with van der Waals surface area (Å²) in [6.07, 6.45) is 0. The number of nitrogens with one attached hydrogen (secondary N) is 2. The highest BCUT2D eigenvalue weighted by Gasteiger charge is 2.46. The van der Waals surface area contributed by atoms with Crippen LogP contribution in [0.4, 0.5) is 0 Å². The lowest BCUT2D eigenvalue weighted by atomic mass is 9.97. The molecule has 4 N–H and O–H groups in total. The van der Waals surface area contributed by atoms with E-state index < -0.39 is 32.3 Å². The zero-order valence-corrected chi connectivity index (χ0v) is 14.6. The summed E-state index contributed by atoms with van der Waals surface area (Å²) in [6.45, 7) is 4.56. The summed E-state index contributed by atoms with van der Waals surface area (Å²) in [6, 6.07) is 0. The van der Waals surface area contributed by atoms with Crippen LogP contribution in [0.2, 0.25) is 0 Å². The molecule has 1 saturated heterocycles. The summed E-state index contributed by atoms with van der Waals surface area (Å²) in [7, 11) is 0. The molecule has 0 spiro atoms. The third-order valence-electron chi connectivity index (χ3n) is 2.78. The van der Waals surface area contributed by atoms with Gasteiger partial charge >= 0.3 is 0 Å². The average Bonchev–Trinajstić information content (AvgIpc) is 2.43. The number of alkyl halides is 6. The van der Waals surface area contributed by atoms with E-state index in [1.807, 2.05) is 0 Å². The normalized spacial score (nSPS) is 42.6. The van der Waals surface area contributed by atoms with E-state index in [4.69, 9.17) is 69.6 Å². The highest BCUT2D eigenvalue weighted by molar-refractivity contribution is 6.45. The van der Waals surface area contributed by atoms with Crippen LogP contribution in [-0.4, -0.2) is 63.9 Å². The number of rotatable bonds is 0. The van der Waals surface area contributed by atoms with Crippen molar-refractivity contribution in [3.8, 4) is 0 Å². The van der Waals surface area contributed by atoms with Gasteiger partial charge in [0.05, 0.1) is 32.3 Å². The van der Waals surface area contributed by atoms with Crippen LogP contribution in [-0.2, 0) is 0 Å². The van der Waals surface area contributed by atoms with Crippen molar-refractivity contribution in [1.82, 2.24) is 10.6 Å². The van der Waals surface area contributed by atoms with Gasteiger partial charge in [0, 0.05) is 26.2 Å². The Morgan fingerprint density at radius 2 is 0.632 bits per heavy atom. The van der Waals surface area contributed by atoms with Crippen molar-refractivity contribution in [3.05, 3.63) is 0 Å². The van der Waals surface area contributed by atoms with Gasteiger partial charge in [-0.1, -0.05) is 0 Å². The van der Waals surface area contributed by atoms with E-state index in [0.29, 0.717) is 0 Å². The highest BCUT2D eigenvalue weighted by Crippen LogP contribution is 2.39. The van der Waals surface area contributed by atoms with Gasteiger partial charge in [0.1, 0.15) is 0 Å². The first-order valence-corrected chi connectivity index (χ1v) is 8.34. The standard InChI is InChI=1S/C6H6Cl6.C4H10N2.H2O/c7-1-2(8)4(10)6(12)5(11)3(1)9;1-2-6-4-3-5-1;/h1-6H;5-6H,1-4H2;1H2/t1-,2-,3-,4+,5+,6+;;. The van der Waals surface area contributed by atoms with Crippen LogP contribution in [0.15, 0.2) is 0 Å². The zero-order valence-electron chi connectivity index (χ0n) is 10.1. The summed E-state index contributed by atoms with van der Waals surface area (Å²) in [5.41, 5.74) is 0. The second-order valence-corrected chi connectivity index (χ2v) is 7.19. The van der Waals surface area contributed by atoms with E-state index >= 15 is 0 Å². The van der Waals surface area contributed by atoms with Crippen LogP contribution in [0.1, 0.15) is 0 Å². The van der Waals surface area contributed by atoms with Crippen molar-refractivity contribution in [2.45, 2.75) is 32.3 Å². The summed E-state index contributed by atoms with van der Waals surface area (Å²) < 4.78 is 0. The van der Waals surface area contributed by atoms with E-state index in [2.05, 4.69) is 10.6 Å². The molecule has 0 aromatic heterocycles. The van der Waals surface area contributed by atoms with Crippen molar-refractivity contribution >= 4 is 69.6 Å². The largest absolute Gasteiger partial charge is 0.412 e. The van der Waals surface area contributed by atoms with Gasteiger partial charge in [-0.05, 0) is 0 Å². The fraction of sp³-hybridized carbons (Fsp3) is 1.00. The Hall–Kier alpha value is 1.62. The van der Waals surface area contributed by atoms with Crippen LogP contribution in [0, 0.1) is 0 Å². The van der Waals surface area contributed by atoms with E-state index in [0.717, 1.165) is 26.2 Å². The predicted octanol–water partition coefficient (Wildman–Crippen LogP) is 2.00. The predicted molar refractivity (Wildman–Crippen MR) is 87.2 cm³/mol. The minimum atomic E-state index is -0.437. The van der Waals surface area contributed by atoms with Crippen molar-refractivity contribution in [1.29, 1.82) is 0 Å². The van der Waals surface area contributed by atoms with Crippen molar-refractivity contribution in [2.75, 3.05) is 26.2 Å². The molecule has 0 atom stereocenters. The van der Waals surface area contributed by atoms with Crippen molar-refractivity contribution in [3.63, 3.8) is 0 Å². The molecule has 2 fully saturated rings. The van der Waals surface area contributed by atoms with Crippen LogP contribution in [0.5, 0.6) is 0 Å². The first kappa shape index (κ1) is 20.6. The van der Waals surface area contributed by atoms with Crippen molar-refractivity contribution < 1.29 is 5.48 Å². The molecule has 1 aliphatic carbocycles. The summed E-state index contributed by atoms with van der Waals surface area (Å²) in [5.74, 6) is 0. The molecule has 9 heteroatoms. The minimum absolute atomic E-state index is 0. The molecule has 3 nitrogen and oxygen atoms in total. The molecule has 0 aromatic carbocycles. The fourth-order valence-corrected chi connectivity index (χ4v) is 3.98. The topological polar surface area (TPSA) is 55.6 Å². The second kappa shape index (κ2) is 10.4. The maximum Gasteiger partial charge on any atom is 0.0693 e. The molecule has 19 heavy (non-hydrogen) atoms. The van der Waals surface area contributed by atoms with Gasteiger partial charge in [-0.25, -0.2) is 0 Å². The molecular weight excluding hydrogens is 377 g/mol. The van der Waals surface area contributed by atoms with E-state index in [9.17, 15) is 0 Å². The Kier molecular flexibility index (Phi) is 11.2. The van der Waals surface area contributed by atoms with Gasteiger partial charge in [-0.3, -0.25) is 0 Å². The highest BCUT2D eigenvalue weighted by atomic mass is 35.5. The van der Waals surface area contributed by atoms with Gasteiger partial charge in [0.2, 0.25) is 0 Å². The molecule has 116 valence electrons. The number of halogens is 6. The van der Waals surface area contributed by atoms with Gasteiger partial charge in [0.25, 0.3) is 0 Å². The molecule has 1 saturated carbocycles. The summed E-state index contributed by atoms with van der Waals surface area (Å²) in [5, 5.41) is 3.82. The van der Waals surface area contributed by atoms with E-state index in [1.165, 1.54) is 0 Å². The Balaban J connectivity index is 0.000000392. The Morgan fingerprint density at radius 3 is 0.737 bits per heavy atom. The van der Waals surface area contributed by atoms with E-state index in [1.54, 1.807) is 0 Å². The van der Waals surface area contributed by atoms with Crippen LogP contribution in [0.3, 0.4) is 0 Å². The maximum absolute atomic E-state index is 5.88. The van der Waals surface area contributed by atoms with Crippen LogP contribution in [0.25, 0.3) is 0 Å². The molecular formula is C10H18Cl6N2O. The number of hydrogen-bond acceptors (Lipinski definition) is 2. The van der Waals surface area contributed by atoms with Crippen LogP contribution >= 0.6 is 69.6 Å². The summed E-state index contributed by atoms with van der Waals surface area (Å²) >= 11 is 35.3. The molecule has 0 amide bonds. The molecule has 0 unspecified atom stereocenters. The Bertz CT molecular complexity index is 176.